The number of anilines is 2. The maximum atomic E-state index is 13.6. The second-order valence-corrected chi connectivity index (χ2v) is 9.51. The van der Waals surface area contributed by atoms with Gasteiger partial charge in [0.1, 0.15) is 0 Å². The lowest BCUT2D eigenvalue weighted by atomic mass is 9.70. The zero-order valence-electron chi connectivity index (χ0n) is 18.6. The van der Waals surface area contributed by atoms with Gasteiger partial charge >= 0.3 is 0 Å². The number of amides is 2. The molecule has 4 aliphatic heterocycles. The summed E-state index contributed by atoms with van der Waals surface area (Å²) in [5, 5.41) is 7.07. The standard InChI is InChI=1S/C28H23N3O3/c1-16-12-14-18(15-13-16)30-27(32)20-21(28(30)33)26-24-22(25(20)34-26)23(17-8-4-2-5-9-17)29-31(24)19-10-6-3-7-11-19/h2-15,20-22,24-26H,1H3/t20-,21+,22-,24+,25+,26-/m0/s1. The minimum absolute atomic E-state index is 0.0800. The van der Waals surface area contributed by atoms with E-state index in [1.54, 1.807) is 0 Å². The number of imide groups is 1. The number of hydrogen-bond donors (Lipinski definition) is 0. The van der Waals surface area contributed by atoms with Crippen LogP contribution in [0.25, 0.3) is 0 Å². The molecule has 2 amide bonds. The number of carbonyl (C=O) groups is 2. The van der Waals surface area contributed by atoms with Crippen LogP contribution in [0.1, 0.15) is 11.1 Å². The van der Waals surface area contributed by atoms with Gasteiger partial charge in [0, 0.05) is 0 Å². The first-order chi connectivity index (χ1) is 16.6. The molecular formula is C28H23N3O3. The number of hydrazone groups is 1. The van der Waals surface area contributed by atoms with Crippen molar-refractivity contribution in [2.45, 2.75) is 25.2 Å². The smallest absolute Gasteiger partial charge is 0.240 e. The van der Waals surface area contributed by atoms with Gasteiger partial charge in [0.25, 0.3) is 0 Å². The molecule has 4 aliphatic rings. The van der Waals surface area contributed by atoms with Crippen molar-refractivity contribution in [3.8, 4) is 0 Å². The summed E-state index contributed by atoms with van der Waals surface area (Å²) in [5.41, 5.74) is 4.63. The van der Waals surface area contributed by atoms with Crippen molar-refractivity contribution in [2.24, 2.45) is 22.9 Å². The summed E-state index contributed by atoms with van der Waals surface area (Å²) in [7, 11) is 0. The molecule has 3 aromatic carbocycles. The van der Waals surface area contributed by atoms with Crippen LogP contribution in [0, 0.1) is 24.7 Å². The average molecular weight is 450 g/mol. The minimum atomic E-state index is -0.489. The molecule has 0 saturated carbocycles. The van der Waals surface area contributed by atoms with E-state index in [1.165, 1.54) is 4.90 Å². The quantitative estimate of drug-likeness (QED) is 0.571. The van der Waals surface area contributed by atoms with Crippen LogP contribution < -0.4 is 9.91 Å². The van der Waals surface area contributed by atoms with Gasteiger partial charge in [0.15, 0.2) is 0 Å². The first kappa shape index (κ1) is 19.7. The summed E-state index contributed by atoms with van der Waals surface area (Å²) in [5.74, 6) is -1.37. The Morgan fingerprint density at radius 1 is 0.706 bits per heavy atom. The summed E-state index contributed by atoms with van der Waals surface area (Å²) in [6, 6.07) is 27.5. The van der Waals surface area contributed by atoms with Crippen molar-refractivity contribution in [3.63, 3.8) is 0 Å². The van der Waals surface area contributed by atoms with Crippen molar-refractivity contribution >= 4 is 28.9 Å². The van der Waals surface area contributed by atoms with Crippen molar-refractivity contribution < 1.29 is 14.3 Å². The molecule has 0 aromatic heterocycles. The lowest BCUT2D eigenvalue weighted by Gasteiger charge is -2.32. The number of benzene rings is 3. The largest absolute Gasteiger partial charge is 0.370 e. The Balaban J connectivity index is 1.32. The van der Waals surface area contributed by atoms with Gasteiger partial charge in [-0.2, -0.15) is 5.10 Å². The normalized spacial score (nSPS) is 31.1. The molecule has 3 aromatic rings. The Labute approximate surface area is 197 Å². The van der Waals surface area contributed by atoms with Crippen LogP contribution in [-0.4, -0.2) is 35.8 Å². The predicted molar refractivity (Wildman–Crippen MR) is 128 cm³/mol. The fourth-order valence-corrected chi connectivity index (χ4v) is 6.23. The lowest BCUT2D eigenvalue weighted by Crippen LogP contribution is -2.50. The topological polar surface area (TPSA) is 62.2 Å². The number of rotatable bonds is 3. The highest BCUT2D eigenvalue weighted by atomic mass is 16.5. The Bertz CT molecular complexity index is 1320. The molecule has 3 fully saturated rings. The van der Waals surface area contributed by atoms with Gasteiger partial charge < -0.3 is 4.74 Å². The van der Waals surface area contributed by atoms with Crippen molar-refractivity contribution in [1.82, 2.24) is 0 Å². The number of para-hydroxylation sites is 1. The molecule has 0 unspecified atom stereocenters. The summed E-state index contributed by atoms with van der Waals surface area (Å²) < 4.78 is 6.46. The summed E-state index contributed by atoms with van der Waals surface area (Å²) in [6.07, 6.45) is -0.767. The number of hydrogen-bond acceptors (Lipinski definition) is 5. The number of nitrogens with zero attached hydrogens (tertiary/aromatic N) is 3. The maximum Gasteiger partial charge on any atom is 0.240 e. The summed E-state index contributed by atoms with van der Waals surface area (Å²) in [6.45, 7) is 1.99. The zero-order chi connectivity index (χ0) is 23.0. The fraction of sp³-hybridized carbons (Fsp3) is 0.250. The van der Waals surface area contributed by atoms with Crippen LogP contribution in [0.5, 0.6) is 0 Å². The van der Waals surface area contributed by atoms with Crippen molar-refractivity contribution in [1.29, 1.82) is 0 Å². The highest BCUT2D eigenvalue weighted by Crippen LogP contribution is 2.56. The van der Waals surface area contributed by atoms with Crippen LogP contribution in [0.3, 0.4) is 0 Å². The van der Waals surface area contributed by atoms with Crippen molar-refractivity contribution in [3.05, 3.63) is 96.1 Å². The molecule has 0 aliphatic carbocycles. The molecule has 0 N–H and O–H groups in total. The van der Waals surface area contributed by atoms with Gasteiger partial charge in [-0.3, -0.25) is 14.6 Å². The van der Waals surface area contributed by atoms with Crippen LogP contribution >= 0.6 is 0 Å². The van der Waals surface area contributed by atoms with Gasteiger partial charge in [-0.05, 0) is 36.8 Å². The molecule has 3 saturated heterocycles. The van der Waals surface area contributed by atoms with E-state index in [1.807, 2.05) is 96.9 Å². The molecule has 2 bridgehead atoms. The number of ether oxygens (including phenoxy) is 1. The number of fused-ring (bicyclic) bond motifs is 8. The van der Waals surface area contributed by atoms with Crippen LogP contribution in [0.15, 0.2) is 90.0 Å². The monoisotopic (exact) mass is 449 g/mol. The van der Waals surface area contributed by atoms with Gasteiger partial charge in [-0.25, -0.2) is 4.90 Å². The number of aryl methyl sites for hydroxylation is 1. The minimum Gasteiger partial charge on any atom is -0.370 e. The SMILES string of the molecule is Cc1ccc(N2C(=O)[C@@H]3[C@H]4O[C@@H]([C@@H]3C2=O)[C@H]2[C@@H]4C(c3ccccc3)=NN2c2ccccc2)cc1. The Morgan fingerprint density at radius 2 is 1.32 bits per heavy atom. The predicted octanol–water partition coefficient (Wildman–Crippen LogP) is 3.79. The maximum absolute atomic E-state index is 13.6. The first-order valence-electron chi connectivity index (χ1n) is 11.7. The van der Waals surface area contributed by atoms with Gasteiger partial charge in [-0.1, -0.05) is 66.2 Å². The van der Waals surface area contributed by atoms with E-state index in [2.05, 4.69) is 0 Å². The van der Waals surface area contributed by atoms with Gasteiger partial charge in [0.05, 0.1) is 53.1 Å². The molecule has 0 spiro atoms. The highest BCUT2D eigenvalue weighted by Gasteiger charge is 2.72. The van der Waals surface area contributed by atoms with E-state index in [0.29, 0.717) is 5.69 Å². The third-order valence-corrected chi connectivity index (χ3v) is 7.67. The Morgan fingerprint density at radius 3 is 2.00 bits per heavy atom. The third kappa shape index (κ3) is 2.57. The highest BCUT2D eigenvalue weighted by molar-refractivity contribution is 6.23. The second-order valence-electron chi connectivity index (χ2n) is 9.51. The van der Waals surface area contributed by atoms with E-state index < -0.39 is 17.9 Å². The van der Waals surface area contributed by atoms with Crippen molar-refractivity contribution in [2.75, 3.05) is 9.91 Å². The Hall–Kier alpha value is -3.77. The Kier molecular flexibility index (Phi) is 4.12. The molecule has 6 atom stereocenters. The lowest BCUT2D eigenvalue weighted by molar-refractivity contribution is -0.125. The molecule has 34 heavy (non-hydrogen) atoms. The van der Waals surface area contributed by atoms with Crippen LogP contribution in [0.2, 0.25) is 0 Å². The van der Waals surface area contributed by atoms with E-state index in [9.17, 15) is 9.59 Å². The number of carbonyl (C=O) groups excluding carboxylic acids is 2. The van der Waals surface area contributed by atoms with E-state index >= 15 is 0 Å². The molecule has 168 valence electrons. The van der Waals surface area contributed by atoms with E-state index in [-0.39, 0.29) is 29.9 Å². The van der Waals surface area contributed by atoms with E-state index in [4.69, 9.17) is 9.84 Å². The van der Waals surface area contributed by atoms with Crippen LogP contribution in [-0.2, 0) is 14.3 Å². The third-order valence-electron chi connectivity index (χ3n) is 7.67. The molecule has 0 radical (unpaired) electrons. The first-order valence-corrected chi connectivity index (χ1v) is 11.7. The molecular weight excluding hydrogens is 426 g/mol. The molecule has 7 rings (SSSR count). The molecule has 4 heterocycles. The van der Waals surface area contributed by atoms with Gasteiger partial charge in [0.2, 0.25) is 11.8 Å². The fourth-order valence-electron chi connectivity index (χ4n) is 6.23. The molecule has 6 heteroatoms. The zero-order valence-corrected chi connectivity index (χ0v) is 18.6. The van der Waals surface area contributed by atoms with E-state index in [0.717, 1.165) is 22.5 Å². The van der Waals surface area contributed by atoms with Crippen LogP contribution in [0.4, 0.5) is 11.4 Å². The average Bonchev–Trinajstić information content (AvgIpc) is 3.60. The summed E-state index contributed by atoms with van der Waals surface area (Å²) in [4.78, 5) is 28.6. The molecule has 6 nitrogen and oxygen atoms in total. The summed E-state index contributed by atoms with van der Waals surface area (Å²) >= 11 is 0. The van der Waals surface area contributed by atoms with Gasteiger partial charge in [-0.15, -0.1) is 0 Å². The second kappa shape index (κ2) is 7.11.